The summed E-state index contributed by atoms with van der Waals surface area (Å²) < 4.78 is 2.29. The number of halogens is 1. The second-order valence-corrected chi connectivity index (χ2v) is 8.20. The van der Waals surface area contributed by atoms with Crippen LogP contribution in [0.3, 0.4) is 0 Å². The third kappa shape index (κ3) is 4.88. The molecule has 1 aliphatic heterocycles. The summed E-state index contributed by atoms with van der Waals surface area (Å²) in [7, 11) is 2.14. The molecule has 5 heteroatoms. The Kier molecular flexibility index (Phi) is 7.57. The van der Waals surface area contributed by atoms with E-state index in [1.54, 1.807) is 6.92 Å². The van der Waals surface area contributed by atoms with Gasteiger partial charge in [-0.2, -0.15) is 0 Å². The van der Waals surface area contributed by atoms with Gasteiger partial charge in [0, 0.05) is 43.7 Å². The van der Waals surface area contributed by atoms with Crippen LogP contribution < -0.4 is 0 Å². The lowest BCUT2D eigenvalue weighted by atomic mass is 10.1. The number of amides is 1. The summed E-state index contributed by atoms with van der Waals surface area (Å²) in [6, 6.07) is 18.9. The minimum atomic E-state index is 0. The van der Waals surface area contributed by atoms with E-state index in [9.17, 15) is 4.79 Å². The van der Waals surface area contributed by atoms with Crippen LogP contribution in [0.5, 0.6) is 0 Å². The quantitative estimate of drug-likeness (QED) is 0.547. The lowest BCUT2D eigenvalue weighted by Crippen LogP contribution is -2.31. The van der Waals surface area contributed by atoms with Crippen LogP contribution in [0.4, 0.5) is 0 Å². The zero-order valence-electron chi connectivity index (χ0n) is 18.0. The summed E-state index contributed by atoms with van der Waals surface area (Å²) in [4.78, 5) is 17.0. The van der Waals surface area contributed by atoms with Crippen LogP contribution in [0.15, 0.2) is 54.6 Å². The van der Waals surface area contributed by atoms with E-state index in [2.05, 4.69) is 52.9 Å². The molecule has 2 aromatic carbocycles. The Morgan fingerprint density at radius 3 is 2.30 bits per heavy atom. The number of aryl methyl sites for hydroxylation is 1. The van der Waals surface area contributed by atoms with E-state index in [1.165, 1.54) is 60.1 Å². The van der Waals surface area contributed by atoms with E-state index in [0.29, 0.717) is 13.1 Å². The van der Waals surface area contributed by atoms with Gasteiger partial charge in [0.05, 0.1) is 6.54 Å². The normalized spacial score (nSPS) is 14.5. The number of rotatable bonds is 6. The number of carbonyl (C=O) groups is 1. The zero-order chi connectivity index (χ0) is 20.2. The smallest absolute Gasteiger partial charge is 0.220 e. The molecule has 1 fully saturated rings. The fourth-order valence-electron chi connectivity index (χ4n) is 4.51. The standard InChI is InChI=1S/C25H31N3O.ClH/c1-20(29)28(17-21-11-5-3-6-12-21)19-25-23(18-27-15-9-4-10-16-27)22-13-7-8-14-24(22)26(25)2;/h3,5-8,11-14H,4,9-10,15-19H2,1-2H3;1H. The van der Waals surface area contributed by atoms with Gasteiger partial charge >= 0.3 is 0 Å². The molecule has 1 saturated heterocycles. The van der Waals surface area contributed by atoms with Crippen molar-refractivity contribution in [1.82, 2.24) is 14.4 Å². The molecule has 0 unspecified atom stereocenters. The van der Waals surface area contributed by atoms with Gasteiger partial charge in [-0.05, 0) is 43.1 Å². The highest BCUT2D eigenvalue weighted by molar-refractivity contribution is 5.86. The average Bonchev–Trinajstić information content (AvgIpc) is 3.01. The van der Waals surface area contributed by atoms with Crippen LogP contribution in [0.2, 0.25) is 0 Å². The molecule has 0 N–H and O–H groups in total. The van der Waals surface area contributed by atoms with Crippen LogP contribution >= 0.6 is 12.4 Å². The minimum absolute atomic E-state index is 0. The van der Waals surface area contributed by atoms with Crippen molar-refractivity contribution in [2.24, 2.45) is 7.05 Å². The van der Waals surface area contributed by atoms with E-state index in [-0.39, 0.29) is 18.3 Å². The monoisotopic (exact) mass is 425 g/mol. The van der Waals surface area contributed by atoms with E-state index in [0.717, 1.165) is 6.54 Å². The SMILES string of the molecule is CC(=O)N(Cc1ccccc1)Cc1c(CN2CCCCC2)c2ccccc2n1C.Cl. The number of para-hydroxylation sites is 1. The maximum Gasteiger partial charge on any atom is 0.220 e. The molecule has 30 heavy (non-hydrogen) atoms. The van der Waals surface area contributed by atoms with Crippen molar-refractivity contribution in [1.29, 1.82) is 0 Å². The maximum absolute atomic E-state index is 12.5. The van der Waals surface area contributed by atoms with Gasteiger partial charge in [0.2, 0.25) is 5.91 Å². The predicted octanol–water partition coefficient (Wildman–Crippen LogP) is 5.13. The van der Waals surface area contributed by atoms with Gasteiger partial charge in [0.25, 0.3) is 0 Å². The number of hydrogen-bond acceptors (Lipinski definition) is 2. The minimum Gasteiger partial charge on any atom is -0.346 e. The number of nitrogens with zero attached hydrogens (tertiary/aromatic N) is 3. The first-order valence-corrected chi connectivity index (χ1v) is 10.7. The van der Waals surface area contributed by atoms with Crippen molar-refractivity contribution in [3.63, 3.8) is 0 Å². The third-order valence-electron chi connectivity index (χ3n) is 6.18. The number of aromatic nitrogens is 1. The predicted molar refractivity (Wildman–Crippen MR) is 126 cm³/mol. The van der Waals surface area contributed by atoms with Gasteiger partial charge in [0.15, 0.2) is 0 Å². The molecule has 160 valence electrons. The summed E-state index contributed by atoms with van der Waals surface area (Å²) in [5.41, 5.74) is 5.05. The highest BCUT2D eigenvalue weighted by Crippen LogP contribution is 2.29. The Bertz CT molecular complexity index is 977. The van der Waals surface area contributed by atoms with Gasteiger partial charge in [-0.1, -0.05) is 55.0 Å². The Morgan fingerprint density at radius 1 is 0.933 bits per heavy atom. The first-order valence-electron chi connectivity index (χ1n) is 10.7. The lowest BCUT2D eigenvalue weighted by molar-refractivity contribution is -0.130. The van der Waals surface area contributed by atoms with E-state index in [4.69, 9.17) is 0 Å². The number of piperidine rings is 1. The van der Waals surface area contributed by atoms with Crippen molar-refractivity contribution in [3.8, 4) is 0 Å². The van der Waals surface area contributed by atoms with Crippen molar-refractivity contribution >= 4 is 29.2 Å². The summed E-state index contributed by atoms with van der Waals surface area (Å²) in [6.07, 6.45) is 3.91. The van der Waals surface area contributed by atoms with Crippen molar-refractivity contribution in [3.05, 3.63) is 71.4 Å². The molecular weight excluding hydrogens is 394 g/mol. The van der Waals surface area contributed by atoms with E-state index >= 15 is 0 Å². The summed E-state index contributed by atoms with van der Waals surface area (Å²) in [5.74, 6) is 0.114. The van der Waals surface area contributed by atoms with Crippen molar-refractivity contribution in [2.45, 2.75) is 45.8 Å². The average molecular weight is 426 g/mol. The second-order valence-electron chi connectivity index (χ2n) is 8.20. The Labute approximate surface area is 185 Å². The van der Waals surface area contributed by atoms with E-state index < -0.39 is 0 Å². The zero-order valence-corrected chi connectivity index (χ0v) is 18.8. The number of likely N-dealkylation sites (tertiary alicyclic amines) is 1. The summed E-state index contributed by atoms with van der Waals surface area (Å²) >= 11 is 0. The number of hydrogen-bond donors (Lipinski definition) is 0. The molecule has 4 rings (SSSR count). The molecule has 3 aromatic rings. The van der Waals surface area contributed by atoms with Gasteiger partial charge in [-0.3, -0.25) is 9.69 Å². The Balaban J connectivity index is 0.00000256. The molecule has 0 aliphatic carbocycles. The number of carbonyl (C=O) groups excluding carboxylic acids is 1. The topological polar surface area (TPSA) is 28.5 Å². The molecule has 0 bridgehead atoms. The molecule has 4 nitrogen and oxygen atoms in total. The van der Waals surface area contributed by atoms with Crippen LogP contribution in [-0.4, -0.2) is 33.4 Å². The highest BCUT2D eigenvalue weighted by Gasteiger charge is 2.21. The van der Waals surface area contributed by atoms with E-state index in [1.807, 2.05) is 23.1 Å². The summed E-state index contributed by atoms with van der Waals surface area (Å²) in [6.45, 7) is 6.26. The van der Waals surface area contributed by atoms with Crippen molar-refractivity contribution < 1.29 is 4.79 Å². The lowest BCUT2D eigenvalue weighted by Gasteiger charge is -2.28. The molecule has 0 radical (unpaired) electrons. The van der Waals surface area contributed by atoms with Crippen LogP contribution in [0.1, 0.15) is 43.0 Å². The molecule has 0 atom stereocenters. The van der Waals surface area contributed by atoms with Gasteiger partial charge in [-0.15, -0.1) is 12.4 Å². The maximum atomic E-state index is 12.5. The van der Waals surface area contributed by atoms with Gasteiger partial charge in [0.1, 0.15) is 0 Å². The second kappa shape index (κ2) is 10.1. The fourth-order valence-corrected chi connectivity index (χ4v) is 4.51. The fraction of sp³-hybridized carbons (Fsp3) is 0.400. The molecule has 1 aromatic heterocycles. The molecule has 1 amide bonds. The highest BCUT2D eigenvalue weighted by atomic mass is 35.5. The first kappa shape index (κ1) is 22.4. The van der Waals surface area contributed by atoms with Crippen LogP contribution in [0.25, 0.3) is 10.9 Å². The molecule has 0 saturated carbocycles. The third-order valence-corrected chi connectivity index (χ3v) is 6.18. The van der Waals surface area contributed by atoms with Crippen molar-refractivity contribution in [2.75, 3.05) is 13.1 Å². The summed E-state index contributed by atoms with van der Waals surface area (Å²) in [5, 5.41) is 1.32. The molecular formula is C25H32ClN3O. The largest absolute Gasteiger partial charge is 0.346 e. The molecule has 0 spiro atoms. The van der Waals surface area contributed by atoms with Crippen LogP contribution in [-0.2, 0) is 31.5 Å². The number of fused-ring (bicyclic) bond motifs is 1. The Morgan fingerprint density at radius 2 is 1.60 bits per heavy atom. The van der Waals surface area contributed by atoms with Gasteiger partial charge < -0.3 is 9.47 Å². The molecule has 1 aliphatic rings. The van der Waals surface area contributed by atoms with Crippen LogP contribution in [0, 0.1) is 0 Å². The Hall–Kier alpha value is -2.30. The first-order chi connectivity index (χ1) is 14.1. The molecule has 2 heterocycles. The number of benzene rings is 2. The van der Waals surface area contributed by atoms with Gasteiger partial charge in [-0.25, -0.2) is 0 Å².